The molecule has 0 radical (unpaired) electrons. The van der Waals surface area contributed by atoms with E-state index in [1.165, 1.54) is 44.9 Å². The fraction of sp³-hybridized carbons (Fsp3) is 1.00. The molecule has 0 amide bonds. The highest BCUT2D eigenvalue weighted by molar-refractivity contribution is 4.88. The quantitative estimate of drug-likeness (QED) is 0.704. The van der Waals surface area contributed by atoms with Crippen LogP contribution in [0.15, 0.2) is 0 Å². The van der Waals surface area contributed by atoms with Crippen molar-refractivity contribution in [2.75, 3.05) is 13.6 Å². The molecule has 0 aromatic heterocycles. The van der Waals surface area contributed by atoms with Gasteiger partial charge >= 0.3 is 0 Å². The van der Waals surface area contributed by atoms with E-state index in [1.54, 1.807) is 0 Å². The van der Waals surface area contributed by atoms with E-state index in [0.29, 0.717) is 17.7 Å². The van der Waals surface area contributed by atoms with Crippen molar-refractivity contribution >= 4 is 0 Å². The van der Waals surface area contributed by atoms with Crippen molar-refractivity contribution in [2.45, 2.75) is 104 Å². The van der Waals surface area contributed by atoms with Crippen LogP contribution in [0.2, 0.25) is 0 Å². The number of piperidine rings is 1. The zero-order valence-electron chi connectivity index (χ0n) is 15.5. The zero-order chi connectivity index (χ0) is 15.9. The zero-order valence-corrected chi connectivity index (χ0v) is 15.5. The number of rotatable bonds is 3. The predicted molar refractivity (Wildman–Crippen MR) is 92.8 cm³/mol. The monoisotopic (exact) mass is 297 g/mol. The highest BCUT2D eigenvalue weighted by Gasteiger charge is 2.32. The first kappa shape index (κ1) is 19.0. The molecule has 2 fully saturated rings. The van der Waals surface area contributed by atoms with Crippen LogP contribution in [0, 0.1) is 5.92 Å². The van der Waals surface area contributed by atoms with E-state index in [-0.39, 0.29) is 0 Å². The van der Waals surface area contributed by atoms with E-state index < -0.39 is 0 Å². The third-order valence-electron chi connectivity index (χ3n) is 5.31. The summed E-state index contributed by atoms with van der Waals surface area (Å²) in [6, 6.07) is 0. The Labute approximate surface area is 133 Å². The van der Waals surface area contributed by atoms with Crippen LogP contribution in [-0.4, -0.2) is 36.2 Å². The third kappa shape index (κ3) is 7.15. The van der Waals surface area contributed by atoms with Gasteiger partial charge in [-0.3, -0.25) is 0 Å². The first-order chi connectivity index (χ1) is 9.85. The molecule has 2 heteroatoms. The molecule has 2 rings (SSSR count). The Morgan fingerprint density at radius 3 is 2.14 bits per heavy atom. The van der Waals surface area contributed by atoms with E-state index in [1.807, 2.05) is 0 Å². The second-order valence-corrected chi connectivity index (χ2v) is 7.95. The molecule has 0 spiro atoms. The molecule has 1 atom stereocenters. The molecule has 1 unspecified atom stereocenters. The van der Waals surface area contributed by atoms with Gasteiger partial charge in [-0.15, -0.1) is 0 Å². The molecule has 0 aromatic rings. The molecule has 0 bridgehead atoms. The molecule has 1 saturated heterocycles. The van der Waals surface area contributed by atoms with E-state index in [4.69, 9.17) is 4.74 Å². The summed E-state index contributed by atoms with van der Waals surface area (Å²) in [6.07, 6.45) is 12.1. The molecule has 2 aliphatic rings. The summed E-state index contributed by atoms with van der Waals surface area (Å²) >= 11 is 0. The van der Waals surface area contributed by atoms with Crippen molar-refractivity contribution in [1.29, 1.82) is 0 Å². The molecule has 1 aliphatic heterocycles. The predicted octanol–water partition coefficient (Wildman–Crippen LogP) is 5.26. The van der Waals surface area contributed by atoms with Gasteiger partial charge in [-0.25, -0.2) is 0 Å². The van der Waals surface area contributed by atoms with Gasteiger partial charge in [0.25, 0.3) is 0 Å². The second-order valence-electron chi connectivity index (χ2n) is 7.95. The second kappa shape index (κ2) is 9.15. The van der Waals surface area contributed by atoms with Gasteiger partial charge in [0.1, 0.15) is 0 Å². The number of nitrogens with zero attached hydrogens (tertiary/aromatic N) is 1. The lowest BCUT2D eigenvalue weighted by atomic mass is 9.88. The SMILES string of the molecule is CC(C)OC1CCN(C)C(C)(C)C1.CCC1CCCCC1. The van der Waals surface area contributed by atoms with Crippen LogP contribution in [0.3, 0.4) is 0 Å². The average molecular weight is 298 g/mol. The molecule has 2 nitrogen and oxygen atoms in total. The van der Waals surface area contributed by atoms with Crippen molar-refractivity contribution < 1.29 is 4.74 Å². The fourth-order valence-electron chi connectivity index (χ4n) is 3.55. The van der Waals surface area contributed by atoms with Gasteiger partial charge in [-0.2, -0.15) is 0 Å². The van der Waals surface area contributed by atoms with Crippen LogP contribution in [0.25, 0.3) is 0 Å². The van der Waals surface area contributed by atoms with Crippen LogP contribution < -0.4 is 0 Å². The molecule has 21 heavy (non-hydrogen) atoms. The minimum Gasteiger partial charge on any atom is -0.375 e. The Kier molecular flexibility index (Phi) is 8.26. The van der Waals surface area contributed by atoms with Crippen LogP contribution >= 0.6 is 0 Å². The van der Waals surface area contributed by atoms with Gasteiger partial charge in [0.05, 0.1) is 12.2 Å². The highest BCUT2D eigenvalue weighted by atomic mass is 16.5. The molecule has 0 aromatic carbocycles. The summed E-state index contributed by atoms with van der Waals surface area (Å²) in [4.78, 5) is 2.42. The van der Waals surface area contributed by atoms with E-state index in [9.17, 15) is 0 Å². The molecule has 1 aliphatic carbocycles. The largest absolute Gasteiger partial charge is 0.375 e. The first-order valence-corrected chi connectivity index (χ1v) is 9.22. The van der Waals surface area contributed by atoms with E-state index >= 15 is 0 Å². The molecular weight excluding hydrogens is 258 g/mol. The third-order valence-corrected chi connectivity index (χ3v) is 5.31. The lowest BCUT2D eigenvalue weighted by Gasteiger charge is -2.43. The average Bonchev–Trinajstić information content (AvgIpc) is 2.43. The molecule has 126 valence electrons. The molecular formula is C19H39NO. The maximum atomic E-state index is 5.85. The first-order valence-electron chi connectivity index (χ1n) is 9.22. The number of hydrogen-bond acceptors (Lipinski definition) is 2. The van der Waals surface area contributed by atoms with Gasteiger partial charge < -0.3 is 9.64 Å². The Hall–Kier alpha value is -0.0800. The Morgan fingerprint density at radius 2 is 1.71 bits per heavy atom. The van der Waals surface area contributed by atoms with Crippen LogP contribution in [0.4, 0.5) is 0 Å². The topological polar surface area (TPSA) is 12.5 Å². The maximum Gasteiger partial charge on any atom is 0.0608 e. The normalized spacial score (nSPS) is 27.3. The molecule has 1 saturated carbocycles. The van der Waals surface area contributed by atoms with Crippen LogP contribution in [0.5, 0.6) is 0 Å². The summed E-state index contributed by atoms with van der Waals surface area (Å²) in [5.41, 5.74) is 0.303. The minimum absolute atomic E-state index is 0.303. The Balaban J connectivity index is 0.000000235. The summed E-state index contributed by atoms with van der Waals surface area (Å²) in [5.74, 6) is 1.09. The summed E-state index contributed by atoms with van der Waals surface area (Å²) < 4.78 is 5.85. The van der Waals surface area contributed by atoms with Crippen molar-refractivity contribution in [3.63, 3.8) is 0 Å². The lowest BCUT2D eigenvalue weighted by Crippen LogP contribution is -2.50. The molecule has 0 N–H and O–H groups in total. The summed E-state index contributed by atoms with van der Waals surface area (Å²) in [7, 11) is 2.20. The summed E-state index contributed by atoms with van der Waals surface area (Å²) in [5, 5.41) is 0. The van der Waals surface area contributed by atoms with Gasteiger partial charge in [0.15, 0.2) is 0 Å². The number of likely N-dealkylation sites (tertiary alicyclic amines) is 1. The van der Waals surface area contributed by atoms with Crippen molar-refractivity contribution in [3.8, 4) is 0 Å². The Morgan fingerprint density at radius 1 is 1.10 bits per heavy atom. The summed E-state index contributed by atoms with van der Waals surface area (Å²) in [6.45, 7) is 12.3. The van der Waals surface area contributed by atoms with E-state index in [2.05, 4.69) is 46.6 Å². The van der Waals surface area contributed by atoms with Gasteiger partial charge in [0, 0.05) is 12.1 Å². The van der Waals surface area contributed by atoms with Gasteiger partial charge in [-0.1, -0.05) is 45.4 Å². The number of ether oxygens (including phenoxy) is 1. The number of hydrogen-bond donors (Lipinski definition) is 0. The van der Waals surface area contributed by atoms with Crippen LogP contribution in [-0.2, 0) is 4.74 Å². The lowest BCUT2D eigenvalue weighted by molar-refractivity contribution is -0.0593. The van der Waals surface area contributed by atoms with Gasteiger partial charge in [0.2, 0.25) is 0 Å². The maximum absolute atomic E-state index is 5.85. The smallest absolute Gasteiger partial charge is 0.0608 e. The minimum atomic E-state index is 0.303. The Bertz CT molecular complexity index is 269. The molecule has 1 heterocycles. The van der Waals surface area contributed by atoms with E-state index in [0.717, 1.165) is 18.9 Å². The fourth-order valence-corrected chi connectivity index (χ4v) is 3.55. The highest BCUT2D eigenvalue weighted by Crippen LogP contribution is 2.28. The standard InChI is InChI=1S/C11H23NO.C8H16/c1-9(2)13-10-6-7-12(5)11(3,4)8-10;1-2-8-6-4-3-5-7-8/h9-10H,6-8H2,1-5H3;8H,2-7H2,1H3. The van der Waals surface area contributed by atoms with Crippen molar-refractivity contribution in [1.82, 2.24) is 4.90 Å². The van der Waals surface area contributed by atoms with Crippen molar-refractivity contribution in [2.24, 2.45) is 5.92 Å². The van der Waals surface area contributed by atoms with Gasteiger partial charge in [-0.05, 0) is 53.5 Å². The van der Waals surface area contributed by atoms with Crippen LogP contribution in [0.1, 0.15) is 86.0 Å². The van der Waals surface area contributed by atoms with Crippen molar-refractivity contribution in [3.05, 3.63) is 0 Å².